The second kappa shape index (κ2) is 7.33. The second-order valence-electron chi connectivity index (χ2n) is 6.44. The van der Waals surface area contributed by atoms with Crippen LogP contribution in [-0.4, -0.2) is 26.4 Å². The van der Waals surface area contributed by atoms with Crippen molar-refractivity contribution in [3.63, 3.8) is 0 Å². The zero-order valence-electron chi connectivity index (χ0n) is 15.0. The van der Waals surface area contributed by atoms with Gasteiger partial charge >= 0.3 is 0 Å². The van der Waals surface area contributed by atoms with Gasteiger partial charge in [0.25, 0.3) is 11.5 Å². The molecule has 0 bridgehead atoms. The summed E-state index contributed by atoms with van der Waals surface area (Å²) in [6.45, 7) is 4.71. The molecule has 2 aromatic heterocycles. The predicted molar refractivity (Wildman–Crippen MR) is 103 cm³/mol. The van der Waals surface area contributed by atoms with E-state index in [1.54, 1.807) is 29.9 Å². The van der Waals surface area contributed by atoms with Crippen LogP contribution < -0.4 is 10.9 Å². The van der Waals surface area contributed by atoms with Crippen molar-refractivity contribution in [3.8, 4) is 11.3 Å². The van der Waals surface area contributed by atoms with Crippen LogP contribution in [0.2, 0.25) is 5.02 Å². The van der Waals surface area contributed by atoms with Gasteiger partial charge in [-0.25, -0.2) is 4.98 Å². The second-order valence-corrected chi connectivity index (χ2v) is 6.85. The van der Waals surface area contributed by atoms with Crippen LogP contribution in [0.4, 0.5) is 0 Å². The van der Waals surface area contributed by atoms with Crippen molar-refractivity contribution in [1.29, 1.82) is 0 Å². The summed E-state index contributed by atoms with van der Waals surface area (Å²) < 4.78 is 3.07. The molecule has 1 N–H and O–H groups in total. The van der Waals surface area contributed by atoms with Gasteiger partial charge in [-0.05, 0) is 12.0 Å². The largest absolute Gasteiger partial charge is 0.350 e. The Balaban J connectivity index is 2.03. The van der Waals surface area contributed by atoms with Crippen molar-refractivity contribution in [3.05, 3.63) is 57.7 Å². The van der Waals surface area contributed by atoms with Crippen LogP contribution in [0.25, 0.3) is 16.9 Å². The van der Waals surface area contributed by atoms with Gasteiger partial charge in [-0.2, -0.15) is 0 Å². The first-order chi connectivity index (χ1) is 12.4. The first-order valence-corrected chi connectivity index (χ1v) is 8.92. The number of fused-ring (bicyclic) bond motifs is 1. The summed E-state index contributed by atoms with van der Waals surface area (Å²) in [5.41, 5.74) is 1.53. The Bertz CT molecular complexity index is 1020. The molecule has 1 atom stereocenters. The highest BCUT2D eigenvalue weighted by Crippen LogP contribution is 2.26. The fraction of sp³-hybridized carbons (Fsp3) is 0.316. The number of halogens is 1. The highest BCUT2D eigenvalue weighted by molar-refractivity contribution is 6.33. The van der Waals surface area contributed by atoms with Gasteiger partial charge in [-0.1, -0.05) is 50.1 Å². The first kappa shape index (κ1) is 18.2. The number of amides is 1. The Kier molecular flexibility index (Phi) is 5.13. The van der Waals surface area contributed by atoms with Crippen molar-refractivity contribution in [2.75, 3.05) is 6.54 Å². The number of carbonyl (C=O) groups excluding carboxylic acids is 1. The maximum absolute atomic E-state index is 12.7. The topological polar surface area (TPSA) is 68.4 Å². The fourth-order valence-corrected chi connectivity index (χ4v) is 2.89. The molecule has 0 saturated heterocycles. The molecule has 3 aromatic rings. The average Bonchev–Trinajstić information content (AvgIpc) is 3.07. The van der Waals surface area contributed by atoms with E-state index < -0.39 is 0 Å². The standard InChI is InChI=1S/C19H21ClN4O2/c1-4-12(2)9-21-18(25)15-10-24-11-16(13-7-5-6-8-14(13)20)23(3)19(26)17(24)22-15/h5-8,10-12H,4,9H2,1-3H3,(H,21,25). The van der Waals surface area contributed by atoms with Crippen LogP contribution in [-0.2, 0) is 7.05 Å². The molecule has 0 aliphatic heterocycles. The number of carbonyl (C=O) groups is 1. The van der Waals surface area contributed by atoms with E-state index in [1.807, 2.05) is 18.2 Å². The van der Waals surface area contributed by atoms with Gasteiger partial charge in [0.2, 0.25) is 5.65 Å². The SMILES string of the molecule is CCC(C)CNC(=O)c1cn2cc(-c3ccccc3Cl)n(C)c(=O)c2n1. The lowest BCUT2D eigenvalue weighted by molar-refractivity contribution is 0.0943. The quantitative estimate of drug-likeness (QED) is 0.748. The van der Waals surface area contributed by atoms with Crippen LogP contribution in [0, 0.1) is 5.92 Å². The first-order valence-electron chi connectivity index (χ1n) is 8.54. The van der Waals surface area contributed by atoms with Crippen LogP contribution in [0.15, 0.2) is 41.5 Å². The number of nitrogens with zero attached hydrogens (tertiary/aromatic N) is 3. The highest BCUT2D eigenvalue weighted by atomic mass is 35.5. The Labute approximate surface area is 156 Å². The van der Waals surface area contributed by atoms with Crippen molar-refractivity contribution < 1.29 is 4.79 Å². The monoisotopic (exact) mass is 372 g/mol. The lowest BCUT2D eigenvalue weighted by atomic mass is 10.1. The average molecular weight is 373 g/mol. The molecule has 1 unspecified atom stereocenters. The molecule has 26 heavy (non-hydrogen) atoms. The van der Waals surface area contributed by atoms with E-state index in [0.29, 0.717) is 23.2 Å². The number of nitrogens with one attached hydrogen (secondary N) is 1. The van der Waals surface area contributed by atoms with E-state index in [1.165, 1.54) is 4.57 Å². The lowest BCUT2D eigenvalue weighted by Crippen LogP contribution is -2.28. The van der Waals surface area contributed by atoms with E-state index in [4.69, 9.17) is 11.6 Å². The van der Waals surface area contributed by atoms with E-state index in [0.717, 1.165) is 12.0 Å². The molecule has 1 amide bonds. The number of benzene rings is 1. The molecule has 1 aromatic carbocycles. The summed E-state index contributed by atoms with van der Waals surface area (Å²) in [6, 6.07) is 7.31. The number of rotatable bonds is 5. The fourth-order valence-electron chi connectivity index (χ4n) is 2.66. The third kappa shape index (κ3) is 3.37. The molecule has 7 heteroatoms. The van der Waals surface area contributed by atoms with E-state index in [9.17, 15) is 9.59 Å². The Morgan fingerprint density at radius 2 is 2.04 bits per heavy atom. The normalized spacial score (nSPS) is 12.3. The van der Waals surface area contributed by atoms with Gasteiger partial charge in [-0.15, -0.1) is 0 Å². The van der Waals surface area contributed by atoms with Crippen LogP contribution >= 0.6 is 11.6 Å². The van der Waals surface area contributed by atoms with Gasteiger partial charge in [0.15, 0.2) is 0 Å². The molecule has 0 aliphatic rings. The van der Waals surface area contributed by atoms with E-state index in [2.05, 4.69) is 24.1 Å². The van der Waals surface area contributed by atoms with Crippen molar-refractivity contribution >= 4 is 23.2 Å². The number of imidazole rings is 1. The smallest absolute Gasteiger partial charge is 0.294 e. The lowest BCUT2D eigenvalue weighted by Gasteiger charge is -2.10. The Morgan fingerprint density at radius 1 is 1.31 bits per heavy atom. The van der Waals surface area contributed by atoms with Crippen LogP contribution in [0.1, 0.15) is 30.8 Å². The van der Waals surface area contributed by atoms with E-state index >= 15 is 0 Å². The molecule has 0 aliphatic carbocycles. The third-order valence-electron chi connectivity index (χ3n) is 4.54. The van der Waals surface area contributed by atoms with Crippen LogP contribution in [0.5, 0.6) is 0 Å². The zero-order valence-corrected chi connectivity index (χ0v) is 15.7. The number of aromatic nitrogens is 3. The maximum atomic E-state index is 12.7. The zero-order chi connectivity index (χ0) is 18.8. The molecule has 3 rings (SSSR count). The molecule has 0 spiro atoms. The minimum Gasteiger partial charge on any atom is -0.350 e. The Morgan fingerprint density at radius 3 is 2.73 bits per heavy atom. The summed E-state index contributed by atoms with van der Waals surface area (Å²) in [6.07, 6.45) is 4.31. The molecule has 0 radical (unpaired) electrons. The third-order valence-corrected chi connectivity index (χ3v) is 4.87. The van der Waals surface area contributed by atoms with E-state index in [-0.39, 0.29) is 22.8 Å². The molecule has 0 fully saturated rings. The molecular formula is C19H21ClN4O2. The minimum atomic E-state index is -0.289. The predicted octanol–water partition coefficient (Wildman–Crippen LogP) is 3.13. The summed E-state index contributed by atoms with van der Waals surface area (Å²) in [7, 11) is 1.67. The summed E-state index contributed by atoms with van der Waals surface area (Å²) in [5, 5.41) is 3.40. The van der Waals surface area contributed by atoms with Gasteiger partial charge in [0, 0.05) is 36.6 Å². The maximum Gasteiger partial charge on any atom is 0.294 e. The summed E-state index contributed by atoms with van der Waals surface area (Å²) >= 11 is 6.27. The molecule has 6 nitrogen and oxygen atoms in total. The molecule has 0 saturated carbocycles. The highest BCUT2D eigenvalue weighted by Gasteiger charge is 2.16. The molecular weight excluding hydrogens is 352 g/mol. The van der Waals surface area contributed by atoms with Gasteiger partial charge in [0.1, 0.15) is 5.69 Å². The van der Waals surface area contributed by atoms with Crippen molar-refractivity contribution in [1.82, 2.24) is 19.3 Å². The van der Waals surface area contributed by atoms with Crippen molar-refractivity contribution in [2.45, 2.75) is 20.3 Å². The van der Waals surface area contributed by atoms with Gasteiger partial charge in [0.05, 0.1) is 5.69 Å². The Hall–Kier alpha value is -2.60. The van der Waals surface area contributed by atoms with Crippen LogP contribution in [0.3, 0.4) is 0 Å². The molecule has 136 valence electrons. The van der Waals surface area contributed by atoms with Gasteiger partial charge in [-0.3, -0.25) is 14.0 Å². The van der Waals surface area contributed by atoms with Gasteiger partial charge < -0.3 is 9.88 Å². The molecule has 2 heterocycles. The van der Waals surface area contributed by atoms with Crippen molar-refractivity contribution in [2.24, 2.45) is 13.0 Å². The number of hydrogen-bond acceptors (Lipinski definition) is 3. The summed E-state index contributed by atoms with van der Waals surface area (Å²) in [5.74, 6) is 0.103. The summed E-state index contributed by atoms with van der Waals surface area (Å²) in [4.78, 5) is 29.2. The minimum absolute atomic E-state index is 0.206. The number of hydrogen-bond donors (Lipinski definition) is 1.